The highest BCUT2D eigenvalue weighted by molar-refractivity contribution is 7.95. The number of pyridine rings is 1. The van der Waals surface area contributed by atoms with Crippen LogP contribution in [0.15, 0.2) is 123 Å². The Morgan fingerprint density at radius 2 is 1.50 bits per heavy atom. The third-order valence-electron chi connectivity index (χ3n) is 8.93. The fourth-order valence-corrected chi connectivity index (χ4v) is 8.78. The fourth-order valence-electron chi connectivity index (χ4n) is 6.43. The fraction of sp³-hybridized carbons (Fsp3) is 0.0789. The number of aromatic nitrogens is 1. The number of rotatable bonds is 13. The molecule has 0 spiro atoms. The summed E-state index contributed by atoms with van der Waals surface area (Å²) in [5.41, 5.74) is 3.01. The Labute approximate surface area is 316 Å². The van der Waals surface area contributed by atoms with Gasteiger partial charge in [0.05, 0.1) is 67.6 Å². The van der Waals surface area contributed by atoms with Crippen LogP contribution in [0.3, 0.4) is 0 Å². The first-order valence-electron chi connectivity index (χ1n) is 16.0. The minimum Gasteiger partial charge on any atom is -0.354 e. The van der Waals surface area contributed by atoms with E-state index < -0.39 is 21.2 Å². The van der Waals surface area contributed by atoms with Crippen molar-refractivity contribution in [2.24, 2.45) is 7.05 Å². The van der Waals surface area contributed by atoms with E-state index in [9.17, 15) is 22.8 Å². The third-order valence-corrected chi connectivity index (χ3v) is 11.8. The lowest BCUT2D eigenvalue weighted by molar-refractivity contribution is -0.432. The van der Waals surface area contributed by atoms with Gasteiger partial charge >= 0.3 is 0 Å². The zero-order valence-electron chi connectivity index (χ0n) is 28.3. The topological polar surface area (TPSA) is 180 Å². The number of aryl methyl sites for hydroxylation is 2. The van der Waals surface area contributed by atoms with Crippen LogP contribution in [-0.4, -0.2) is 35.1 Å². The summed E-state index contributed by atoms with van der Waals surface area (Å²) in [6.45, 7) is 1.90. The number of nitrogens with zero attached hydrogens (tertiary/aromatic N) is 1. The van der Waals surface area contributed by atoms with Crippen LogP contribution in [0.5, 0.6) is 0 Å². The molecule has 1 aliphatic rings. The van der Waals surface area contributed by atoms with Crippen LogP contribution in [0.1, 0.15) is 43.0 Å². The summed E-state index contributed by atoms with van der Waals surface area (Å²) in [5.74, 6) is -1.26. The predicted octanol–water partition coefficient (Wildman–Crippen LogP) is 7.86. The Morgan fingerprint density at radius 3 is 2.24 bits per heavy atom. The van der Waals surface area contributed by atoms with Crippen LogP contribution in [0.2, 0.25) is 0 Å². The molecule has 6 aromatic rings. The quantitative estimate of drug-likeness (QED) is 0.0445. The number of benzene rings is 5. The average Bonchev–Trinajstić information content (AvgIpc) is 3.18. The molecule has 0 amide bonds. The standard InChI is InChI=1S/C38H28N2O11S3/c1-21-10-12-22(13-11-21)20-54(46,47)25-14-15-28(31(19-25)53-51-49-45)39-29-16-17-30-34-32(26-8-3-4-9-27(26)37(42)33(29)34)35(38(43)40(30)2)36(41)23-6-5-7-24(18-23)52-50-48-44/h3-19,39,44-45H,20H2,1-2H3. The van der Waals surface area contributed by atoms with Crippen molar-refractivity contribution in [2.45, 2.75) is 27.4 Å². The molecule has 16 heteroatoms. The monoisotopic (exact) mass is 784 g/mol. The van der Waals surface area contributed by atoms with E-state index in [1.807, 2.05) is 19.1 Å². The van der Waals surface area contributed by atoms with Crippen molar-refractivity contribution in [1.29, 1.82) is 0 Å². The second-order valence-corrected chi connectivity index (χ2v) is 15.7. The van der Waals surface area contributed by atoms with Crippen LogP contribution in [0.25, 0.3) is 22.0 Å². The van der Waals surface area contributed by atoms with Crippen LogP contribution in [0.4, 0.5) is 11.4 Å². The number of hydrogen-bond donors (Lipinski definition) is 3. The number of carbonyl (C=O) groups excluding carboxylic acids is 2. The van der Waals surface area contributed by atoms with Gasteiger partial charge in [0.15, 0.2) is 21.4 Å². The van der Waals surface area contributed by atoms with E-state index in [0.29, 0.717) is 56.7 Å². The maximum Gasteiger partial charge on any atom is 0.262 e. The van der Waals surface area contributed by atoms with E-state index in [0.717, 1.165) is 5.56 Å². The van der Waals surface area contributed by atoms with Gasteiger partial charge in [-0.25, -0.2) is 18.9 Å². The van der Waals surface area contributed by atoms with Gasteiger partial charge in [-0.1, -0.05) is 76.3 Å². The van der Waals surface area contributed by atoms with Crippen molar-refractivity contribution in [3.8, 4) is 11.1 Å². The number of anilines is 2. The first-order valence-corrected chi connectivity index (χ1v) is 19.1. The number of ketones is 2. The molecular formula is C38H28N2O11S3. The van der Waals surface area contributed by atoms with Gasteiger partial charge in [-0.05, 0) is 60.5 Å². The molecule has 3 N–H and O–H groups in total. The molecule has 0 radical (unpaired) electrons. The van der Waals surface area contributed by atoms with E-state index in [-0.39, 0.29) is 54.8 Å². The van der Waals surface area contributed by atoms with Crippen LogP contribution < -0.4 is 10.9 Å². The molecule has 0 atom stereocenters. The number of sulfone groups is 1. The zero-order chi connectivity index (χ0) is 38.1. The molecule has 0 saturated carbocycles. The molecule has 1 aliphatic carbocycles. The van der Waals surface area contributed by atoms with Crippen molar-refractivity contribution in [1.82, 2.24) is 4.57 Å². The lowest BCUT2D eigenvalue weighted by Gasteiger charge is -2.26. The SMILES string of the molecule is Cc1ccc(CS(=O)(=O)c2ccc(Nc3ccc4c5c3C(=O)c3ccccc3-c5c(C(=O)c3cccc(SOOO)c3)c(=O)n4C)c(SOOO)c2)cc1. The lowest BCUT2D eigenvalue weighted by atomic mass is 9.80. The van der Waals surface area contributed by atoms with E-state index in [4.69, 9.17) is 14.8 Å². The van der Waals surface area contributed by atoms with Gasteiger partial charge in [-0.2, -0.15) is 0 Å². The molecule has 0 aliphatic heterocycles. The van der Waals surface area contributed by atoms with Crippen molar-refractivity contribution in [2.75, 3.05) is 5.32 Å². The van der Waals surface area contributed by atoms with Crippen molar-refractivity contribution in [3.05, 3.63) is 147 Å². The number of nitrogens with one attached hydrogen (secondary N) is 1. The number of hydrogen-bond acceptors (Lipinski definition) is 14. The van der Waals surface area contributed by atoms with Gasteiger partial charge in [-0.3, -0.25) is 14.4 Å². The van der Waals surface area contributed by atoms with Crippen molar-refractivity contribution >= 4 is 67.8 Å². The molecule has 274 valence electrons. The van der Waals surface area contributed by atoms with Gasteiger partial charge in [0, 0.05) is 34.0 Å². The van der Waals surface area contributed by atoms with E-state index in [2.05, 4.69) is 19.7 Å². The van der Waals surface area contributed by atoms with Gasteiger partial charge < -0.3 is 9.88 Å². The smallest absolute Gasteiger partial charge is 0.262 e. The van der Waals surface area contributed by atoms with E-state index in [1.165, 1.54) is 41.9 Å². The summed E-state index contributed by atoms with van der Waals surface area (Å²) in [5, 5.41) is 28.6. The van der Waals surface area contributed by atoms with Gasteiger partial charge in [0.1, 0.15) is 0 Å². The molecule has 0 saturated heterocycles. The minimum atomic E-state index is -3.84. The lowest BCUT2D eigenvalue weighted by Crippen LogP contribution is -2.29. The van der Waals surface area contributed by atoms with Gasteiger partial charge in [0.2, 0.25) is 0 Å². The Bertz CT molecular complexity index is 2640. The molecule has 0 fully saturated rings. The summed E-state index contributed by atoms with van der Waals surface area (Å²) in [7, 11) is -2.33. The molecule has 13 nitrogen and oxygen atoms in total. The summed E-state index contributed by atoms with van der Waals surface area (Å²) in [4.78, 5) is 43.4. The molecule has 5 aromatic carbocycles. The second kappa shape index (κ2) is 15.3. The maximum absolute atomic E-state index is 14.4. The van der Waals surface area contributed by atoms with E-state index >= 15 is 0 Å². The maximum atomic E-state index is 14.4. The predicted molar refractivity (Wildman–Crippen MR) is 201 cm³/mol. The van der Waals surface area contributed by atoms with Gasteiger partial charge in [0.25, 0.3) is 5.56 Å². The third kappa shape index (κ3) is 6.98. The van der Waals surface area contributed by atoms with Crippen LogP contribution in [-0.2, 0) is 41.4 Å². The Morgan fingerprint density at radius 1 is 0.796 bits per heavy atom. The summed E-state index contributed by atoms with van der Waals surface area (Å²) >= 11 is 1.19. The van der Waals surface area contributed by atoms with Crippen LogP contribution >= 0.6 is 24.1 Å². The normalized spacial score (nSPS) is 12.2. The Balaban J connectivity index is 1.38. The van der Waals surface area contributed by atoms with E-state index in [1.54, 1.807) is 60.7 Å². The molecule has 1 heterocycles. The first kappa shape index (κ1) is 37.2. The molecule has 54 heavy (non-hydrogen) atoms. The van der Waals surface area contributed by atoms with Gasteiger partial charge in [-0.15, -0.1) is 8.67 Å². The highest BCUT2D eigenvalue weighted by atomic mass is 32.2. The second-order valence-electron chi connectivity index (χ2n) is 12.2. The van der Waals surface area contributed by atoms with Crippen molar-refractivity contribution < 1.29 is 47.3 Å². The first-order chi connectivity index (χ1) is 26.0. The molecule has 7 rings (SSSR count). The summed E-state index contributed by atoms with van der Waals surface area (Å²) in [6.07, 6.45) is 0. The molecule has 1 aromatic heterocycles. The molecule has 0 bridgehead atoms. The molecule has 0 unspecified atom stereocenters. The Hall–Kier alpha value is -5.14. The summed E-state index contributed by atoms with van der Waals surface area (Å²) < 4.78 is 37.5. The average molecular weight is 785 g/mol. The summed E-state index contributed by atoms with van der Waals surface area (Å²) in [6, 6.07) is 27.5. The highest BCUT2D eigenvalue weighted by Gasteiger charge is 2.34. The number of carbonyl (C=O) groups is 2. The number of fused-ring (bicyclic) bond motifs is 2. The largest absolute Gasteiger partial charge is 0.354 e. The Kier molecular flexibility index (Phi) is 10.5. The zero-order valence-corrected chi connectivity index (χ0v) is 30.7. The minimum absolute atomic E-state index is 0.0270. The van der Waals surface area contributed by atoms with Crippen LogP contribution in [0, 0.1) is 6.92 Å². The van der Waals surface area contributed by atoms with Crippen molar-refractivity contribution in [3.63, 3.8) is 0 Å². The molecular weight excluding hydrogens is 757 g/mol. The highest BCUT2D eigenvalue weighted by Crippen LogP contribution is 2.45.